The zero-order valence-electron chi connectivity index (χ0n) is 18.9. The molecule has 0 spiro atoms. The van der Waals surface area contributed by atoms with E-state index in [-0.39, 0.29) is 0 Å². The maximum Gasteiger partial charge on any atom is 0.0634 e. The number of hydrogen-bond acceptors (Lipinski definition) is 5. The Kier molecular flexibility index (Phi) is 7.43. The largest absolute Gasteiger partial charge is 0.377 e. The molecule has 4 aromatic rings. The molecule has 0 fully saturated rings. The average molecular weight is 492 g/mol. The standard InChI is InChI=1S/C27H26ClN3S2/c1-5-31(4)17-22-12-20(8-6-18(22)2)26-10-11-27(32-26)21-13-23(16-29-15-21)30-33-24-9-7-19(3)25(28)14-24/h5-16,30H,1,17H2,2-4H3. The molecule has 4 rings (SSSR count). The van der Waals surface area contributed by atoms with Crippen molar-refractivity contribution in [3.63, 3.8) is 0 Å². The van der Waals surface area contributed by atoms with Gasteiger partial charge in [-0.15, -0.1) is 11.3 Å². The molecule has 0 aliphatic rings. The van der Waals surface area contributed by atoms with E-state index in [2.05, 4.69) is 70.6 Å². The summed E-state index contributed by atoms with van der Waals surface area (Å²) in [7, 11) is 2.04. The fourth-order valence-corrected chi connectivity index (χ4v) is 5.25. The number of nitrogens with one attached hydrogen (secondary N) is 1. The first-order valence-electron chi connectivity index (χ1n) is 10.6. The van der Waals surface area contributed by atoms with Crippen molar-refractivity contribution < 1.29 is 0 Å². The van der Waals surface area contributed by atoms with Crippen LogP contribution in [0.1, 0.15) is 16.7 Å². The van der Waals surface area contributed by atoms with Crippen LogP contribution in [0.2, 0.25) is 5.02 Å². The molecule has 0 aliphatic carbocycles. The second-order valence-corrected chi connectivity index (χ2v) is 10.4. The highest BCUT2D eigenvalue weighted by atomic mass is 35.5. The van der Waals surface area contributed by atoms with Gasteiger partial charge in [0.1, 0.15) is 0 Å². The Morgan fingerprint density at radius 3 is 2.52 bits per heavy atom. The van der Waals surface area contributed by atoms with Gasteiger partial charge in [0.15, 0.2) is 0 Å². The Morgan fingerprint density at radius 1 is 1.00 bits per heavy atom. The van der Waals surface area contributed by atoms with Crippen LogP contribution in [0, 0.1) is 13.8 Å². The van der Waals surface area contributed by atoms with E-state index >= 15 is 0 Å². The van der Waals surface area contributed by atoms with E-state index < -0.39 is 0 Å². The Labute approximate surface area is 209 Å². The van der Waals surface area contributed by atoms with Gasteiger partial charge in [0.05, 0.1) is 11.9 Å². The number of benzene rings is 2. The zero-order valence-corrected chi connectivity index (χ0v) is 21.3. The number of nitrogens with zero attached hydrogens (tertiary/aromatic N) is 2. The van der Waals surface area contributed by atoms with E-state index in [1.807, 2.05) is 44.7 Å². The van der Waals surface area contributed by atoms with Gasteiger partial charge in [0, 0.05) is 45.0 Å². The number of aromatic nitrogens is 1. The Morgan fingerprint density at radius 2 is 1.76 bits per heavy atom. The minimum absolute atomic E-state index is 0.773. The first-order chi connectivity index (χ1) is 15.9. The van der Waals surface area contributed by atoms with Crippen molar-refractivity contribution in [3.8, 4) is 20.9 Å². The summed E-state index contributed by atoms with van der Waals surface area (Å²) in [6.45, 7) is 8.87. The normalized spacial score (nSPS) is 10.8. The van der Waals surface area contributed by atoms with E-state index in [1.165, 1.54) is 38.4 Å². The predicted molar refractivity (Wildman–Crippen MR) is 145 cm³/mol. The molecule has 0 saturated heterocycles. The average Bonchev–Trinajstić information content (AvgIpc) is 3.32. The minimum atomic E-state index is 0.773. The molecule has 0 amide bonds. The van der Waals surface area contributed by atoms with Gasteiger partial charge in [0.25, 0.3) is 0 Å². The lowest BCUT2D eigenvalue weighted by Crippen LogP contribution is -2.10. The number of aryl methyl sites for hydroxylation is 2. The highest BCUT2D eigenvalue weighted by molar-refractivity contribution is 8.00. The van der Waals surface area contributed by atoms with Gasteiger partial charge in [-0.2, -0.15) is 0 Å². The Bertz CT molecular complexity index is 1280. The number of pyridine rings is 1. The fraction of sp³-hybridized carbons (Fsp3) is 0.148. The van der Waals surface area contributed by atoms with Gasteiger partial charge in [-0.05, 0) is 90.6 Å². The van der Waals surface area contributed by atoms with Gasteiger partial charge in [-0.25, -0.2) is 0 Å². The SMILES string of the molecule is C=CN(C)Cc1cc(-c2ccc(-c3cncc(NSc4ccc(C)c(Cl)c4)c3)s2)ccc1C. The number of rotatable bonds is 8. The molecule has 0 saturated carbocycles. The summed E-state index contributed by atoms with van der Waals surface area (Å²) in [6, 6.07) is 19.2. The van der Waals surface area contributed by atoms with Gasteiger partial charge in [-0.1, -0.05) is 36.4 Å². The highest BCUT2D eigenvalue weighted by Gasteiger charge is 2.09. The number of hydrogen-bond donors (Lipinski definition) is 1. The van der Waals surface area contributed by atoms with Gasteiger partial charge < -0.3 is 9.62 Å². The van der Waals surface area contributed by atoms with Crippen molar-refractivity contribution in [1.82, 2.24) is 9.88 Å². The smallest absolute Gasteiger partial charge is 0.0634 e. The lowest BCUT2D eigenvalue weighted by Gasteiger charge is -2.16. The lowest BCUT2D eigenvalue weighted by molar-refractivity contribution is 0.451. The summed E-state index contributed by atoms with van der Waals surface area (Å²) in [5, 5.41) is 0.773. The molecule has 2 aromatic carbocycles. The molecule has 0 atom stereocenters. The predicted octanol–water partition coefficient (Wildman–Crippen LogP) is 8.44. The summed E-state index contributed by atoms with van der Waals surface area (Å²) in [4.78, 5) is 10.0. The quantitative estimate of drug-likeness (QED) is 0.250. The van der Waals surface area contributed by atoms with Crippen LogP contribution >= 0.6 is 34.9 Å². The highest BCUT2D eigenvalue weighted by Crippen LogP contribution is 2.36. The van der Waals surface area contributed by atoms with Crippen LogP contribution in [0.4, 0.5) is 5.69 Å². The summed E-state index contributed by atoms with van der Waals surface area (Å²) in [6.07, 6.45) is 5.60. The van der Waals surface area contributed by atoms with Crippen LogP contribution in [-0.2, 0) is 6.54 Å². The van der Waals surface area contributed by atoms with Crippen LogP contribution in [0.5, 0.6) is 0 Å². The molecule has 2 aromatic heterocycles. The topological polar surface area (TPSA) is 28.2 Å². The molecular weight excluding hydrogens is 466 g/mol. The third-order valence-electron chi connectivity index (χ3n) is 5.42. The number of anilines is 1. The molecule has 0 aliphatic heterocycles. The van der Waals surface area contributed by atoms with Crippen molar-refractivity contribution in [2.45, 2.75) is 25.3 Å². The van der Waals surface area contributed by atoms with E-state index in [0.29, 0.717) is 0 Å². The second kappa shape index (κ2) is 10.5. The lowest BCUT2D eigenvalue weighted by atomic mass is 10.0. The van der Waals surface area contributed by atoms with E-state index in [9.17, 15) is 0 Å². The molecule has 0 unspecified atom stereocenters. The summed E-state index contributed by atoms with van der Waals surface area (Å²) in [5.41, 5.74) is 6.96. The third-order valence-corrected chi connectivity index (χ3v) is 7.84. The van der Waals surface area contributed by atoms with Crippen molar-refractivity contribution >= 4 is 40.6 Å². The fourth-order valence-electron chi connectivity index (χ4n) is 3.36. The first-order valence-corrected chi connectivity index (χ1v) is 12.6. The summed E-state index contributed by atoms with van der Waals surface area (Å²) >= 11 is 9.55. The summed E-state index contributed by atoms with van der Waals surface area (Å²) in [5.74, 6) is 0. The van der Waals surface area contributed by atoms with Crippen LogP contribution in [0.15, 0.2) is 84.7 Å². The number of thiophene rings is 1. The molecule has 33 heavy (non-hydrogen) atoms. The Balaban J connectivity index is 1.51. The van der Waals surface area contributed by atoms with Crippen LogP contribution in [0.3, 0.4) is 0 Å². The van der Waals surface area contributed by atoms with Gasteiger partial charge >= 0.3 is 0 Å². The van der Waals surface area contributed by atoms with Crippen LogP contribution in [-0.4, -0.2) is 16.9 Å². The molecule has 0 radical (unpaired) electrons. The van der Waals surface area contributed by atoms with Gasteiger partial charge in [-0.3, -0.25) is 4.98 Å². The maximum absolute atomic E-state index is 6.25. The maximum atomic E-state index is 6.25. The molecule has 2 heterocycles. The van der Waals surface area contributed by atoms with Crippen LogP contribution < -0.4 is 4.72 Å². The molecule has 168 valence electrons. The second-order valence-electron chi connectivity index (χ2n) is 7.98. The van der Waals surface area contributed by atoms with Crippen molar-refractivity contribution in [1.29, 1.82) is 0 Å². The number of halogens is 1. The van der Waals surface area contributed by atoms with Crippen molar-refractivity contribution in [2.75, 3.05) is 11.8 Å². The van der Waals surface area contributed by atoms with E-state index in [1.54, 1.807) is 11.3 Å². The first kappa shape index (κ1) is 23.4. The summed E-state index contributed by atoms with van der Waals surface area (Å²) < 4.78 is 3.38. The third kappa shape index (κ3) is 5.80. The minimum Gasteiger partial charge on any atom is -0.377 e. The van der Waals surface area contributed by atoms with Crippen molar-refractivity contribution in [2.24, 2.45) is 0 Å². The molecule has 6 heteroatoms. The zero-order chi connectivity index (χ0) is 23.4. The molecule has 0 bridgehead atoms. The Hall–Kier alpha value is -2.73. The van der Waals surface area contributed by atoms with E-state index in [0.717, 1.165) is 33.3 Å². The molecule has 3 nitrogen and oxygen atoms in total. The van der Waals surface area contributed by atoms with Crippen molar-refractivity contribution in [3.05, 3.63) is 101 Å². The van der Waals surface area contributed by atoms with E-state index in [4.69, 9.17) is 11.6 Å². The molecular formula is C27H26ClN3S2. The molecule has 1 N–H and O–H groups in total. The monoisotopic (exact) mass is 491 g/mol. The van der Waals surface area contributed by atoms with Gasteiger partial charge in [0.2, 0.25) is 0 Å². The van der Waals surface area contributed by atoms with Crippen LogP contribution in [0.25, 0.3) is 20.9 Å².